The Balaban J connectivity index is 2.84. The third kappa shape index (κ3) is 2.66. The molecule has 0 unspecified atom stereocenters. The van der Waals surface area contributed by atoms with Gasteiger partial charge in [-0.1, -0.05) is 12.1 Å². The minimum absolute atomic E-state index is 0.205. The molecule has 4 heteroatoms. The zero-order valence-electron chi connectivity index (χ0n) is 7.19. The van der Waals surface area contributed by atoms with Gasteiger partial charge in [-0.15, -0.1) is 11.8 Å². The summed E-state index contributed by atoms with van der Waals surface area (Å²) in [6.07, 6.45) is 1.89. The minimum atomic E-state index is -0.961. The van der Waals surface area contributed by atoms with Crippen molar-refractivity contribution in [2.24, 2.45) is 0 Å². The molecular formula is C9H10O3S. The molecule has 1 aromatic rings. The maximum absolute atomic E-state index is 10.7. The van der Waals surface area contributed by atoms with Crippen molar-refractivity contribution in [2.75, 3.05) is 12.2 Å². The number of hydrogen-bond donors (Lipinski definition) is 1. The highest BCUT2D eigenvalue weighted by Gasteiger charge is 2.08. The van der Waals surface area contributed by atoms with E-state index in [1.165, 1.54) is 17.8 Å². The van der Waals surface area contributed by atoms with Crippen LogP contribution in [0, 0.1) is 0 Å². The molecule has 0 aliphatic rings. The van der Waals surface area contributed by atoms with Crippen molar-refractivity contribution in [3.05, 3.63) is 29.8 Å². The number of thioether (sulfide) groups is 1. The second-order valence-corrected chi connectivity index (χ2v) is 3.17. The predicted molar refractivity (Wildman–Crippen MR) is 52.4 cm³/mol. The summed E-state index contributed by atoms with van der Waals surface area (Å²) in [5.74, 6) is -0.0781. The van der Waals surface area contributed by atoms with Gasteiger partial charge in [0.25, 0.3) is 0 Å². The van der Waals surface area contributed by atoms with Crippen LogP contribution in [0.15, 0.2) is 24.3 Å². The second kappa shape index (κ2) is 4.77. The van der Waals surface area contributed by atoms with Gasteiger partial charge in [-0.3, -0.25) is 0 Å². The molecule has 0 aliphatic heterocycles. The molecule has 1 N–H and O–H groups in total. The molecule has 0 saturated carbocycles. The van der Waals surface area contributed by atoms with Gasteiger partial charge < -0.3 is 9.84 Å². The van der Waals surface area contributed by atoms with Gasteiger partial charge in [-0.2, -0.15) is 0 Å². The molecular weight excluding hydrogens is 188 g/mol. The molecule has 0 saturated heterocycles. The van der Waals surface area contributed by atoms with E-state index in [4.69, 9.17) is 9.84 Å². The Morgan fingerprint density at radius 3 is 2.85 bits per heavy atom. The van der Waals surface area contributed by atoms with Crippen molar-refractivity contribution in [3.63, 3.8) is 0 Å². The molecule has 0 aliphatic carbocycles. The smallest absolute Gasteiger partial charge is 0.339 e. The van der Waals surface area contributed by atoms with Gasteiger partial charge in [-0.05, 0) is 18.4 Å². The summed E-state index contributed by atoms with van der Waals surface area (Å²) in [7, 11) is 0. The summed E-state index contributed by atoms with van der Waals surface area (Å²) in [6, 6.07) is 6.61. The van der Waals surface area contributed by atoms with E-state index in [9.17, 15) is 4.79 Å². The third-order valence-corrected chi connectivity index (χ3v) is 1.80. The molecule has 0 fully saturated rings. The number of benzene rings is 1. The SMILES string of the molecule is CSCOc1ccccc1C(=O)O. The molecule has 1 aromatic carbocycles. The van der Waals surface area contributed by atoms with Crippen LogP contribution >= 0.6 is 11.8 Å². The lowest BCUT2D eigenvalue weighted by Gasteiger charge is -2.06. The molecule has 0 radical (unpaired) electrons. The maximum atomic E-state index is 10.7. The summed E-state index contributed by atoms with van der Waals surface area (Å²) in [5, 5.41) is 8.78. The normalized spacial score (nSPS) is 9.62. The van der Waals surface area contributed by atoms with Crippen LogP contribution in [0.2, 0.25) is 0 Å². The first kappa shape index (κ1) is 9.92. The van der Waals surface area contributed by atoms with Gasteiger partial charge in [0.2, 0.25) is 0 Å². The molecule has 0 amide bonds. The van der Waals surface area contributed by atoms with Crippen LogP contribution in [0.5, 0.6) is 5.75 Å². The Morgan fingerprint density at radius 2 is 2.23 bits per heavy atom. The molecule has 1 rings (SSSR count). The molecule has 0 heterocycles. The van der Waals surface area contributed by atoms with E-state index in [1.54, 1.807) is 18.2 Å². The van der Waals surface area contributed by atoms with E-state index < -0.39 is 5.97 Å². The monoisotopic (exact) mass is 198 g/mol. The van der Waals surface area contributed by atoms with E-state index in [2.05, 4.69) is 0 Å². The molecule has 13 heavy (non-hydrogen) atoms. The van der Waals surface area contributed by atoms with Crippen LogP contribution in [-0.4, -0.2) is 23.3 Å². The second-order valence-electron chi connectivity index (χ2n) is 2.35. The number of hydrogen-bond acceptors (Lipinski definition) is 3. The van der Waals surface area contributed by atoms with Gasteiger partial charge in [0.1, 0.15) is 17.3 Å². The van der Waals surface area contributed by atoms with Gasteiger partial charge >= 0.3 is 5.97 Å². The van der Waals surface area contributed by atoms with Crippen molar-refractivity contribution in [2.45, 2.75) is 0 Å². The molecule has 0 atom stereocenters. The number of ether oxygens (including phenoxy) is 1. The Morgan fingerprint density at radius 1 is 1.54 bits per heavy atom. The Bertz CT molecular complexity index is 299. The summed E-state index contributed by atoms with van der Waals surface area (Å²) in [5.41, 5.74) is 0.205. The standard InChI is InChI=1S/C9H10O3S/c1-13-6-12-8-5-3-2-4-7(8)9(10)11/h2-5H,6H2,1H3,(H,10,11). The van der Waals surface area contributed by atoms with E-state index in [0.29, 0.717) is 11.7 Å². The van der Waals surface area contributed by atoms with Crippen molar-refractivity contribution in [1.82, 2.24) is 0 Å². The lowest BCUT2D eigenvalue weighted by molar-refractivity contribution is 0.0693. The highest BCUT2D eigenvalue weighted by molar-refractivity contribution is 7.98. The molecule has 70 valence electrons. The fourth-order valence-electron chi connectivity index (χ4n) is 0.892. The van der Waals surface area contributed by atoms with Gasteiger partial charge in [-0.25, -0.2) is 4.79 Å². The van der Waals surface area contributed by atoms with Crippen LogP contribution in [-0.2, 0) is 0 Å². The van der Waals surface area contributed by atoms with E-state index in [-0.39, 0.29) is 5.56 Å². The van der Waals surface area contributed by atoms with Crippen molar-refractivity contribution in [1.29, 1.82) is 0 Å². The summed E-state index contributed by atoms with van der Waals surface area (Å²) < 4.78 is 5.23. The van der Waals surface area contributed by atoms with Gasteiger partial charge in [0, 0.05) is 0 Å². The van der Waals surface area contributed by atoms with Gasteiger partial charge in [0.15, 0.2) is 0 Å². The Hall–Kier alpha value is -1.16. The first-order valence-corrected chi connectivity index (χ1v) is 5.09. The van der Waals surface area contributed by atoms with Gasteiger partial charge in [0.05, 0.1) is 0 Å². The minimum Gasteiger partial charge on any atom is -0.482 e. The lowest BCUT2D eigenvalue weighted by Crippen LogP contribution is -2.02. The predicted octanol–water partition coefficient (Wildman–Crippen LogP) is 2.08. The molecule has 0 bridgehead atoms. The number of carbonyl (C=O) groups is 1. The average molecular weight is 198 g/mol. The zero-order chi connectivity index (χ0) is 9.68. The highest BCUT2D eigenvalue weighted by Crippen LogP contribution is 2.18. The zero-order valence-corrected chi connectivity index (χ0v) is 8.00. The van der Waals surface area contributed by atoms with E-state index >= 15 is 0 Å². The van der Waals surface area contributed by atoms with Crippen molar-refractivity contribution < 1.29 is 14.6 Å². The third-order valence-electron chi connectivity index (χ3n) is 1.45. The number of rotatable bonds is 4. The topological polar surface area (TPSA) is 46.5 Å². The summed E-state index contributed by atoms with van der Waals surface area (Å²) in [6.45, 7) is 0. The van der Waals surface area contributed by atoms with Crippen LogP contribution in [0.4, 0.5) is 0 Å². The van der Waals surface area contributed by atoms with E-state index in [0.717, 1.165) is 0 Å². The lowest BCUT2D eigenvalue weighted by atomic mass is 10.2. The van der Waals surface area contributed by atoms with Crippen molar-refractivity contribution in [3.8, 4) is 5.75 Å². The first-order chi connectivity index (χ1) is 6.25. The Labute approximate surface area is 80.7 Å². The fraction of sp³-hybridized carbons (Fsp3) is 0.222. The first-order valence-electron chi connectivity index (χ1n) is 3.69. The number of para-hydroxylation sites is 1. The van der Waals surface area contributed by atoms with Crippen LogP contribution in [0.1, 0.15) is 10.4 Å². The number of aromatic carboxylic acids is 1. The van der Waals surface area contributed by atoms with E-state index in [1.807, 2.05) is 6.26 Å². The maximum Gasteiger partial charge on any atom is 0.339 e. The number of carboxylic acids is 1. The molecule has 0 spiro atoms. The largest absolute Gasteiger partial charge is 0.482 e. The summed E-state index contributed by atoms with van der Waals surface area (Å²) in [4.78, 5) is 10.7. The summed E-state index contributed by atoms with van der Waals surface area (Å²) >= 11 is 1.50. The van der Waals surface area contributed by atoms with Crippen LogP contribution < -0.4 is 4.74 Å². The molecule has 3 nitrogen and oxygen atoms in total. The average Bonchev–Trinajstić information content (AvgIpc) is 2.15. The highest BCUT2D eigenvalue weighted by atomic mass is 32.2. The molecule has 0 aromatic heterocycles. The van der Waals surface area contributed by atoms with Crippen molar-refractivity contribution >= 4 is 17.7 Å². The fourth-order valence-corrected chi connectivity index (χ4v) is 1.14. The van der Waals surface area contributed by atoms with Crippen LogP contribution in [0.25, 0.3) is 0 Å². The number of carboxylic acid groups (broad SMARTS) is 1. The van der Waals surface area contributed by atoms with Crippen LogP contribution in [0.3, 0.4) is 0 Å². The Kier molecular flexibility index (Phi) is 3.64. The quantitative estimate of drug-likeness (QED) is 0.752.